The quantitative estimate of drug-likeness (QED) is 0.796. The first-order chi connectivity index (χ1) is 11.6. The summed E-state index contributed by atoms with van der Waals surface area (Å²) < 4.78 is 11.2. The van der Waals surface area contributed by atoms with Gasteiger partial charge in [0.25, 0.3) is 0 Å². The van der Waals surface area contributed by atoms with E-state index in [9.17, 15) is 4.79 Å². The van der Waals surface area contributed by atoms with E-state index in [2.05, 4.69) is 5.32 Å². The molecule has 24 heavy (non-hydrogen) atoms. The highest BCUT2D eigenvalue weighted by Gasteiger charge is 2.10. The van der Waals surface area contributed by atoms with Gasteiger partial charge in [-0.3, -0.25) is 4.79 Å². The van der Waals surface area contributed by atoms with Gasteiger partial charge in [0.2, 0.25) is 5.91 Å². The molecule has 0 saturated heterocycles. The largest absolute Gasteiger partial charge is 0.490 e. The first-order valence-corrected chi connectivity index (χ1v) is 8.21. The standard InChI is InChI=1S/C18H15Cl2NO3/c19-14-5-4-13(11-15(14)20)21-18(22)7-3-12-2-6-16-17(10-12)24-9-1-8-23-16/h2-7,10-11H,1,8-9H2,(H,21,22). The molecule has 1 N–H and O–H groups in total. The molecule has 0 fully saturated rings. The number of rotatable bonds is 3. The Morgan fingerprint density at radius 3 is 2.58 bits per heavy atom. The number of halogens is 2. The maximum atomic E-state index is 12.0. The Kier molecular flexibility index (Phi) is 5.28. The van der Waals surface area contributed by atoms with Gasteiger partial charge in [0.1, 0.15) is 0 Å². The van der Waals surface area contributed by atoms with Gasteiger partial charge in [-0.1, -0.05) is 29.3 Å². The third kappa shape index (κ3) is 4.22. The SMILES string of the molecule is O=C(C=Cc1ccc2c(c1)OCCCO2)Nc1ccc(Cl)c(Cl)c1. The molecule has 1 heterocycles. The number of hydrogen-bond donors (Lipinski definition) is 1. The summed E-state index contributed by atoms with van der Waals surface area (Å²) in [7, 11) is 0. The van der Waals surface area contributed by atoms with Crippen molar-refractivity contribution in [3.05, 3.63) is 58.1 Å². The van der Waals surface area contributed by atoms with Crippen molar-refractivity contribution in [3.8, 4) is 11.5 Å². The van der Waals surface area contributed by atoms with Crippen LogP contribution >= 0.6 is 23.2 Å². The van der Waals surface area contributed by atoms with Crippen LogP contribution in [0.1, 0.15) is 12.0 Å². The summed E-state index contributed by atoms with van der Waals surface area (Å²) in [6.45, 7) is 1.27. The van der Waals surface area contributed by atoms with E-state index in [1.807, 2.05) is 18.2 Å². The molecule has 0 aromatic heterocycles. The van der Waals surface area contributed by atoms with E-state index in [0.717, 1.165) is 17.7 Å². The van der Waals surface area contributed by atoms with E-state index in [4.69, 9.17) is 32.7 Å². The van der Waals surface area contributed by atoms with Crippen molar-refractivity contribution in [2.45, 2.75) is 6.42 Å². The molecule has 4 nitrogen and oxygen atoms in total. The fourth-order valence-electron chi connectivity index (χ4n) is 2.21. The lowest BCUT2D eigenvalue weighted by Crippen LogP contribution is -2.07. The van der Waals surface area contributed by atoms with Crippen molar-refractivity contribution < 1.29 is 14.3 Å². The summed E-state index contributed by atoms with van der Waals surface area (Å²) in [5.41, 5.74) is 1.43. The number of benzene rings is 2. The maximum absolute atomic E-state index is 12.0. The fraction of sp³-hybridized carbons (Fsp3) is 0.167. The zero-order chi connectivity index (χ0) is 16.9. The van der Waals surface area contributed by atoms with E-state index in [1.165, 1.54) is 6.08 Å². The summed E-state index contributed by atoms with van der Waals surface area (Å²) in [6, 6.07) is 10.5. The third-order valence-corrected chi connectivity index (χ3v) is 4.12. The van der Waals surface area contributed by atoms with E-state index < -0.39 is 0 Å². The van der Waals surface area contributed by atoms with E-state index >= 15 is 0 Å². The minimum absolute atomic E-state index is 0.263. The lowest BCUT2D eigenvalue weighted by atomic mass is 10.2. The number of nitrogens with one attached hydrogen (secondary N) is 1. The highest BCUT2D eigenvalue weighted by Crippen LogP contribution is 2.30. The second kappa shape index (κ2) is 7.60. The van der Waals surface area contributed by atoms with Gasteiger partial charge in [-0.2, -0.15) is 0 Å². The highest BCUT2D eigenvalue weighted by atomic mass is 35.5. The molecule has 0 aliphatic carbocycles. The predicted octanol–water partition coefficient (Wildman–Crippen LogP) is 4.81. The van der Waals surface area contributed by atoms with E-state index in [0.29, 0.717) is 34.7 Å². The molecule has 2 aromatic carbocycles. The summed E-state index contributed by atoms with van der Waals surface area (Å²) in [4.78, 5) is 12.0. The molecule has 0 saturated carbocycles. The molecule has 1 aliphatic heterocycles. The number of hydrogen-bond acceptors (Lipinski definition) is 3. The maximum Gasteiger partial charge on any atom is 0.248 e. The highest BCUT2D eigenvalue weighted by molar-refractivity contribution is 6.42. The van der Waals surface area contributed by atoms with Gasteiger partial charge in [0.15, 0.2) is 11.5 Å². The van der Waals surface area contributed by atoms with Crippen LogP contribution in [0.2, 0.25) is 10.0 Å². The number of carbonyl (C=O) groups excluding carboxylic acids is 1. The number of ether oxygens (including phenoxy) is 2. The first kappa shape index (κ1) is 16.7. The molecule has 0 bridgehead atoms. The Labute approximate surface area is 150 Å². The van der Waals surface area contributed by atoms with Crippen LogP contribution in [0.15, 0.2) is 42.5 Å². The Balaban J connectivity index is 1.67. The zero-order valence-corrected chi connectivity index (χ0v) is 14.2. The van der Waals surface area contributed by atoms with Crippen LogP contribution < -0.4 is 14.8 Å². The Morgan fingerprint density at radius 1 is 1.00 bits per heavy atom. The first-order valence-electron chi connectivity index (χ1n) is 7.45. The van der Waals surface area contributed by atoms with Crippen LogP contribution in [0, 0.1) is 0 Å². The van der Waals surface area contributed by atoms with Gasteiger partial charge >= 0.3 is 0 Å². The molecule has 0 atom stereocenters. The van der Waals surface area contributed by atoms with Crippen LogP contribution in [-0.2, 0) is 4.79 Å². The monoisotopic (exact) mass is 363 g/mol. The molecule has 0 radical (unpaired) electrons. The normalized spacial score (nSPS) is 13.6. The summed E-state index contributed by atoms with van der Waals surface area (Å²) in [6.07, 6.45) is 4.01. The Bertz CT molecular complexity index is 790. The second-order valence-electron chi connectivity index (χ2n) is 5.21. The molecule has 0 unspecified atom stereocenters. The molecular formula is C18H15Cl2NO3. The van der Waals surface area contributed by atoms with Crippen molar-refractivity contribution in [2.75, 3.05) is 18.5 Å². The van der Waals surface area contributed by atoms with Crippen LogP contribution in [0.5, 0.6) is 11.5 Å². The van der Waals surface area contributed by atoms with Gasteiger partial charge in [0.05, 0.1) is 23.3 Å². The van der Waals surface area contributed by atoms with Gasteiger partial charge in [-0.25, -0.2) is 0 Å². The Hall–Kier alpha value is -2.17. The van der Waals surface area contributed by atoms with Crippen LogP contribution in [0.4, 0.5) is 5.69 Å². The van der Waals surface area contributed by atoms with Gasteiger partial charge < -0.3 is 14.8 Å². The van der Waals surface area contributed by atoms with E-state index in [1.54, 1.807) is 24.3 Å². The second-order valence-corrected chi connectivity index (χ2v) is 6.02. The number of fused-ring (bicyclic) bond motifs is 1. The van der Waals surface area contributed by atoms with Crippen molar-refractivity contribution in [3.63, 3.8) is 0 Å². The third-order valence-electron chi connectivity index (χ3n) is 3.39. The number of anilines is 1. The average Bonchev–Trinajstić information content (AvgIpc) is 2.81. The summed E-state index contributed by atoms with van der Waals surface area (Å²) in [5, 5.41) is 3.56. The topological polar surface area (TPSA) is 47.6 Å². The van der Waals surface area contributed by atoms with Crippen molar-refractivity contribution >= 4 is 40.9 Å². The zero-order valence-electron chi connectivity index (χ0n) is 12.7. The summed E-state index contributed by atoms with van der Waals surface area (Å²) >= 11 is 11.8. The summed E-state index contributed by atoms with van der Waals surface area (Å²) in [5.74, 6) is 1.16. The van der Waals surface area contributed by atoms with Crippen molar-refractivity contribution in [2.24, 2.45) is 0 Å². The minimum Gasteiger partial charge on any atom is -0.490 e. The molecule has 2 aromatic rings. The smallest absolute Gasteiger partial charge is 0.248 e. The number of amides is 1. The Morgan fingerprint density at radius 2 is 1.79 bits per heavy atom. The molecule has 3 rings (SSSR count). The molecule has 1 amide bonds. The minimum atomic E-state index is -0.263. The van der Waals surface area contributed by atoms with Gasteiger partial charge in [-0.05, 0) is 42.0 Å². The average molecular weight is 364 g/mol. The molecule has 0 spiro atoms. The van der Waals surface area contributed by atoms with Gasteiger partial charge in [-0.15, -0.1) is 0 Å². The van der Waals surface area contributed by atoms with Gasteiger partial charge in [0, 0.05) is 18.2 Å². The number of carbonyl (C=O) groups is 1. The molecule has 1 aliphatic rings. The lowest BCUT2D eigenvalue weighted by Gasteiger charge is -2.07. The van der Waals surface area contributed by atoms with Crippen LogP contribution in [0.25, 0.3) is 6.08 Å². The van der Waals surface area contributed by atoms with Crippen LogP contribution in [-0.4, -0.2) is 19.1 Å². The molecule has 124 valence electrons. The predicted molar refractivity (Wildman–Crippen MR) is 96.2 cm³/mol. The van der Waals surface area contributed by atoms with E-state index in [-0.39, 0.29) is 5.91 Å². The van der Waals surface area contributed by atoms with Crippen molar-refractivity contribution in [1.82, 2.24) is 0 Å². The fourth-order valence-corrected chi connectivity index (χ4v) is 2.51. The lowest BCUT2D eigenvalue weighted by molar-refractivity contribution is -0.111. The molecular weight excluding hydrogens is 349 g/mol. The van der Waals surface area contributed by atoms with Crippen LogP contribution in [0.3, 0.4) is 0 Å². The van der Waals surface area contributed by atoms with Crippen molar-refractivity contribution in [1.29, 1.82) is 0 Å². The molecule has 6 heteroatoms.